The maximum atomic E-state index is 4.47. The summed E-state index contributed by atoms with van der Waals surface area (Å²) < 4.78 is 0. The van der Waals surface area contributed by atoms with Gasteiger partial charge in [-0.05, 0) is 17.9 Å². The molecule has 0 aliphatic carbocycles. The Hall–Kier alpha value is -0.960. The number of hydrogen-bond acceptors (Lipinski definition) is 2. The van der Waals surface area contributed by atoms with Gasteiger partial charge in [0.2, 0.25) is 0 Å². The van der Waals surface area contributed by atoms with Gasteiger partial charge in [-0.3, -0.25) is 0 Å². The third-order valence-corrected chi connectivity index (χ3v) is 2.77. The first-order valence-electron chi connectivity index (χ1n) is 4.41. The van der Waals surface area contributed by atoms with Gasteiger partial charge in [-0.25, -0.2) is 4.98 Å². The highest BCUT2D eigenvalue weighted by molar-refractivity contribution is 7.98. The van der Waals surface area contributed by atoms with Crippen molar-refractivity contribution in [2.75, 3.05) is 5.75 Å². The molecule has 3 heteroatoms. The van der Waals surface area contributed by atoms with E-state index in [9.17, 15) is 0 Å². The van der Waals surface area contributed by atoms with Gasteiger partial charge in [0, 0.05) is 0 Å². The van der Waals surface area contributed by atoms with Crippen molar-refractivity contribution in [3.05, 3.63) is 30.1 Å². The summed E-state index contributed by atoms with van der Waals surface area (Å²) in [5.74, 6) is 3.19. The number of rotatable bonds is 3. The minimum Gasteiger partial charge on any atom is -0.341 e. The maximum Gasteiger partial charge on any atom is 0.117 e. The average molecular weight is 192 g/mol. The highest BCUT2D eigenvalue weighted by Crippen LogP contribution is 2.14. The molecule has 0 amide bonds. The topological polar surface area (TPSA) is 28.7 Å². The fourth-order valence-electron chi connectivity index (χ4n) is 1.27. The lowest BCUT2D eigenvalue weighted by Crippen LogP contribution is -1.82. The predicted molar refractivity (Wildman–Crippen MR) is 57.9 cm³/mol. The smallest absolute Gasteiger partial charge is 0.117 e. The number of thioether (sulfide) groups is 1. The van der Waals surface area contributed by atoms with E-state index < -0.39 is 0 Å². The van der Waals surface area contributed by atoms with Crippen LogP contribution in [0.4, 0.5) is 0 Å². The summed E-state index contributed by atoms with van der Waals surface area (Å²) in [5.41, 5.74) is 2.20. The number of aromatic nitrogens is 2. The zero-order chi connectivity index (χ0) is 9.10. The molecule has 1 aromatic carbocycles. The summed E-state index contributed by atoms with van der Waals surface area (Å²) in [4.78, 5) is 7.77. The molecule has 0 radical (unpaired) electrons. The second kappa shape index (κ2) is 3.83. The SMILES string of the molecule is CCSCc1nc2ccccc2[nH]1. The Bertz CT molecular complexity index is 361. The molecule has 0 bridgehead atoms. The van der Waals surface area contributed by atoms with Crippen molar-refractivity contribution in [3.8, 4) is 0 Å². The number of fused-ring (bicyclic) bond motifs is 1. The number of benzene rings is 1. The summed E-state index contributed by atoms with van der Waals surface area (Å²) in [6, 6.07) is 8.13. The van der Waals surface area contributed by atoms with Gasteiger partial charge in [-0.1, -0.05) is 19.1 Å². The first-order valence-corrected chi connectivity index (χ1v) is 5.57. The quantitative estimate of drug-likeness (QED) is 0.810. The number of imidazole rings is 1. The van der Waals surface area contributed by atoms with E-state index in [-0.39, 0.29) is 0 Å². The molecule has 0 fully saturated rings. The summed E-state index contributed by atoms with van der Waals surface area (Å²) >= 11 is 1.88. The Morgan fingerprint density at radius 1 is 1.38 bits per heavy atom. The van der Waals surface area contributed by atoms with Crippen LogP contribution in [0.25, 0.3) is 11.0 Å². The third kappa shape index (κ3) is 1.86. The van der Waals surface area contributed by atoms with E-state index in [0.29, 0.717) is 0 Å². The largest absolute Gasteiger partial charge is 0.341 e. The second-order valence-corrected chi connectivity index (χ2v) is 4.11. The monoisotopic (exact) mass is 192 g/mol. The van der Waals surface area contributed by atoms with E-state index in [4.69, 9.17) is 0 Å². The average Bonchev–Trinajstić information content (AvgIpc) is 2.57. The third-order valence-electron chi connectivity index (χ3n) is 1.88. The van der Waals surface area contributed by atoms with Crippen LogP contribution in [0.1, 0.15) is 12.7 Å². The van der Waals surface area contributed by atoms with Crippen LogP contribution in [0.15, 0.2) is 24.3 Å². The number of nitrogens with zero attached hydrogens (tertiary/aromatic N) is 1. The molecule has 13 heavy (non-hydrogen) atoms. The van der Waals surface area contributed by atoms with Crippen LogP contribution >= 0.6 is 11.8 Å². The standard InChI is InChI=1S/C10H12N2S/c1-2-13-7-10-11-8-5-3-4-6-9(8)12-10/h3-6H,2,7H2,1H3,(H,11,12). The normalized spacial score (nSPS) is 10.8. The van der Waals surface area contributed by atoms with Crippen molar-refractivity contribution in [2.45, 2.75) is 12.7 Å². The second-order valence-electron chi connectivity index (χ2n) is 2.84. The van der Waals surface area contributed by atoms with Crippen molar-refractivity contribution in [1.82, 2.24) is 9.97 Å². The van der Waals surface area contributed by atoms with Crippen molar-refractivity contribution in [2.24, 2.45) is 0 Å². The molecule has 2 rings (SSSR count). The van der Waals surface area contributed by atoms with E-state index in [1.807, 2.05) is 30.0 Å². The first-order chi connectivity index (χ1) is 6.40. The molecule has 1 aromatic heterocycles. The van der Waals surface area contributed by atoms with Gasteiger partial charge >= 0.3 is 0 Å². The fraction of sp³-hybridized carbons (Fsp3) is 0.300. The molecule has 68 valence electrons. The Morgan fingerprint density at radius 2 is 2.23 bits per heavy atom. The molecular weight excluding hydrogens is 180 g/mol. The van der Waals surface area contributed by atoms with Gasteiger partial charge in [0.25, 0.3) is 0 Å². The Kier molecular flexibility index (Phi) is 2.54. The number of aromatic amines is 1. The van der Waals surface area contributed by atoms with E-state index >= 15 is 0 Å². The van der Waals surface area contributed by atoms with Gasteiger partial charge in [0.15, 0.2) is 0 Å². The Morgan fingerprint density at radius 3 is 3.00 bits per heavy atom. The molecule has 0 aliphatic rings. The number of para-hydroxylation sites is 2. The number of hydrogen-bond donors (Lipinski definition) is 1. The molecule has 0 aliphatic heterocycles. The lowest BCUT2D eigenvalue weighted by molar-refractivity contribution is 1.14. The Labute approximate surface area is 81.8 Å². The van der Waals surface area contributed by atoms with Gasteiger partial charge in [0.1, 0.15) is 5.82 Å². The molecule has 0 atom stereocenters. The summed E-state index contributed by atoms with van der Waals surface area (Å²) in [5, 5.41) is 0. The highest BCUT2D eigenvalue weighted by atomic mass is 32.2. The van der Waals surface area contributed by atoms with Crippen molar-refractivity contribution >= 4 is 22.8 Å². The molecule has 0 saturated carbocycles. The van der Waals surface area contributed by atoms with Crippen LogP contribution in [0.5, 0.6) is 0 Å². The number of nitrogens with one attached hydrogen (secondary N) is 1. The molecule has 2 aromatic rings. The molecule has 0 saturated heterocycles. The van der Waals surface area contributed by atoms with Crippen LogP contribution in [0, 0.1) is 0 Å². The van der Waals surface area contributed by atoms with Crippen LogP contribution in [0.2, 0.25) is 0 Å². The van der Waals surface area contributed by atoms with Gasteiger partial charge < -0.3 is 4.98 Å². The maximum absolute atomic E-state index is 4.47. The molecule has 2 nitrogen and oxygen atoms in total. The lowest BCUT2D eigenvalue weighted by atomic mass is 10.3. The van der Waals surface area contributed by atoms with Crippen LogP contribution in [-0.2, 0) is 5.75 Å². The predicted octanol–water partition coefficient (Wildman–Crippen LogP) is 2.82. The molecule has 1 heterocycles. The summed E-state index contributed by atoms with van der Waals surface area (Å²) in [6.07, 6.45) is 0. The van der Waals surface area contributed by atoms with Crippen LogP contribution in [-0.4, -0.2) is 15.7 Å². The minimum absolute atomic E-state index is 0.977. The molecule has 0 spiro atoms. The fourth-order valence-corrected chi connectivity index (χ4v) is 1.81. The number of H-pyrrole nitrogens is 1. The molecule has 1 N–H and O–H groups in total. The highest BCUT2D eigenvalue weighted by Gasteiger charge is 2.00. The van der Waals surface area contributed by atoms with E-state index in [0.717, 1.165) is 28.4 Å². The lowest BCUT2D eigenvalue weighted by Gasteiger charge is -1.91. The molecular formula is C10H12N2S. The van der Waals surface area contributed by atoms with E-state index in [1.165, 1.54) is 0 Å². The van der Waals surface area contributed by atoms with Gasteiger partial charge in [0.05, 0.1) is 16.8 Å². The van der Waals surface area contributed by atoms with Crippen molar-refractivity contribution < 1.29 is 0 Å². The Balaban J connectivity index is 2.28. The first kappa shape index (κ1) is 8.63. The van der Waals surface area contributed by atoms with Gasteiger partial charge in [-0.15, -0.1) is 0 Å². The van der Waals surface area contributed by atoms with Crippen LogP contribution < -0.4 is 0 Å². The van der Waals surface area contributed by atoms with Gasteiger partial charge in [-0.2, -0.15) is 11.8 Å². The summed E-state index contributed by atoms with van der Waals surface area (Å²) in [6.45, 7) is 2.16. The zero-order valence-electron chi connectivity index (χ0n) is 7.58. The van der Waals surface area contributed by atoms with Crippen LogP contribution in [0.3, 0.4) is 0 Å². The minimum atomic E-state index is 0.977. The summed E-state index contributed by atoms with van der Waals surface area (Å²) in [7, 11) is 0. The van der Waals surface area contributed by atoms with Crippen molar-refractivity contribution in [1.29, 1.82) is 0 Å². The van der Waals surface area contributed by atoms with Crippen molar-refractivity contribution in [3.63, 3.8) is 0 Å². The van der Waals surface area contributed by atoms with E-state index in [1.54, 1.807) is 0 Å². The molecule has 0 unspecified atom stereocenters. The zero-order valence-corrected chi connectivity index (χ0v) is 8.40. The van der Waals surface area contributed by atoms with E-state index in [2.05, 4.69) is 23.0 Å².